The van der Waals surface area contributed by atoms with Crippen molar-refractivity contribution in [2.45, 2.75) is 39.7 Å². The molecule has 100 valence electrons. The molecule has 1 fully saturated rings. The van der Waals surface area contributed by atoms with E-state index >= 15 is 0 Å². The zero-order valence-corrected chi connectivity index (χ0v) is 11.9. The standard InChI is InChI=1S/C16H26N2/c1-12(2)16(8-9-16)11-18-10-15(17)14-6-4-13(3)5-7-14/h4-7,12,15,18H,8-11,17H2,1-3H3. The maximum atomic E-state index is 6.21. The molecule has 0 saturated heterocycles. The first-order chi connectivity index (χ1) is 8.53. The van der Waals surface area contributed by atoms with Crippen LogP contribution in [-0.4, -0.2) is 13.1 Å². The predicted molar refractivity (Wildman–Crippen MR) is 77.5 cm³/mol. The van der Waals surface area contributed by atoms with E-state index in [1.165, 1.54) is 24.0 Å². The Morgan fingerprint density at radius 3 is 2.33 bits per heavy atom. The largest absolute Gasteiger partial charge is 0.323 e. The molecule has 1 saturated carbocycles. The molecule has 0 aromatic heterocycles. The van der Waals surface area contributed by atoms with Crippen molar-refractivity contribution in [3.8, 4) is 0 Å². The van der Waals surface area contributed by atoms with Gasteiger partial charge in [-0.1, -0.05) is 43.7 Å². The van der Waals surface area contributed by atoms with E-state index < -0.39 is 0 Å². The molecule has 0 aliphatic heterocycles. The van der Waals surface area contributed by atoms with Crippen LogP contribution in [-0.2, 0) is 0 Å². The highest BCUT2D eigenvalue weighted by atomic mass is 14.9. The molecule has 2 heteroatoms. The van der Waals surface area contributed by atoms with Gasteiger partial charge in [-0.15, -0.1) is 0 Å². The van der Waals surface area contributed by atoms with E-state index in [0.717, 1.165) is 19.0 Å². The van der Waals surface area contributed by atoms with Crippen molar-refractivity contribution in [3.05, 3.63) is 35.4 Å². The maximum Gasteiger partial charge on any atom is 0.0421 e. The molecule has 0 bridgehead atoms. The van der Waals surface area contributed by atoms with Gasteiger partial charge in [-0.25, -0.2) is 0 Å². The third-order valence-corrected chi connectivity index (χ3v) is 4.46. The van der Waals surface area contributed by atoms with Gasteiger partial charge in [0.05, 0.1) is 0 Å². The molecule has 2 rings (SSSR count). The van der Waals surface area contributed by atoms with Crippen LogP contribution in [0.2, 0.25) is 0 Å². The molecule has 18 heavy (non-hydrogen) atoms. The minimum absolute atomic E-state index is 0.105. The highest BCUT2D eigenvalue weighted by molar-refractivity contribution is 5.24. The normalized spacial score (nSPS) is 18.9. The van der Waals surface area contributed by atoms with Crippen molar-refractivity contribution in [2.24, 2.45) is 17.1 Å². The van der Waals surface area contributed by atoms with Crippen molar-refractivity contribution in [2.75, 3.05) is 13.1 Å². The van der Waals surface area contributed by atoms with E-state index in [1.54, 1.807) is 0 Å². The molecule has 1 atom stereocenters. The first kappa shape index (κ1) is 13.6. The molecule has 0 spiro atoms. The fourth-order valence-corrected chi connectivity index (χ4v) is 2.53. The summed E-state index contributed by atoms with van der Waals surface area (Å²) in [4.78, 5) is 0. The van der Waals surface area contributed by atoms with Gasteiger partial charge >= 0.3 is 0 Å². The van der Waals surface area contributed by atoms with Crippen LogP contribution in [0, 0.1) is 18.3 Å². The van der Waals surface area contributed by atoms with Crippen LogP contribution >= 0.6 is 0 Å². The summed E-state index contributed by atoms with van der Waals surface area (Å²) in [6.07, 6.45) is 2.74. The fraction of sp³-hybridized carbons (Fsp3) is 0.625. The second-order valence-electron chi connectivity index (χ2n) is 6.17. The van der Waals surface area contributed by atoms with E-state index in [1.807, 2.05) is 0 Å². The lowest BCUT2D eigenvalue weighted by Gasteiger charge is -2.21. The Labute approximate surface area is 111 Å². The molecular weight excluding hydrogens is 220 g/mol. The van der Waals surface area contributed by atoms with Crippen molar-refractivity contribution in [1.29, 1.82) is 0 Å². The summed E-state index contributed by atoms with van der Waals surface area (Å²) < 4.78 is 0. The SMILES string of the molecule is Cc1ccc(C(N)CNCC2(C(C)C)CC2)cc1. The molecule has 1 aliphatic rings. The number of hydrogen-bond donors (Lipinski definition) is 2. The van der Waals surface area contributed by atoms with Crippen LogP contribution in [0.3, 0.4) is 0 Å². The van der Waals surface area contributed by atoms with Gasteiger partial charge in [0.15, 0.2) is 0 Å². The number of nitrogens with two attached hydrogens (primary N) is 1. The topological polar surface area (TPSA) is 38.0 Å². The molecule has 0 heterocycles. The third-order valence-electron chi connectivity index (χ3n) is 4.46. The minimum atomic E-state index is 0.105. The quantitative estimate of drug-likeness (QED) is 0.809. The zero-order chi connectivity index (χ0) is 13.2. The first-order valence-corrected chi connectivity index (χ1v) is 7.06. The molecule has 3 N–H and O–H groups in total. The molecule has 0 radical (unpaired) electrons. The van der Waals surface area contributed by atoms with E-state index in [2.05, 4.69) is 50.4 Å². The van der Waals surface area contributed by atoms with Crippen molar-refractivity contribution in [3.63, 3.8) is 0 Å². The van der Waals surface area contributed by atoms with Gasteiger partial charge in [0, 0.05) is 19.1 Å². The molecule has 2 nitrogen and oxygen atoms in total. The lowest BCUT2D eigenvalue weighted by molar-refractivity contribution is 0.335. The predicted octanol–water partition coefficient (Wildman–Crippen LogP) is 3.02. The first-order valence-electron chi connectivity index (χ1n) is 7.06. The Morgan fingerprint density at radius 2 is 1.83 bits per heavy atom. The van der Waals surface area contributed by atoms with Gasteiger partial charge < -0.3 is 11.1 Å². The summed E-state index contributed by atoms with van der Waals surface area (Å²) >= 11 is 0. The summed E-state index contributed by atoms with van der Waals surface area (Å²) in [7, 11) is 0. The van der Waals surface area contributed by atoms with Crippen LogP contribution in [0.15, 0.2) is 24.3 Å². The zero-order valence-electron chi connectivity index (χ0n) is 11.9. The Bertz CT molecular complexity index is 377. The Balaban J connectivity index is 1.78. The van der Waals surface area contributed by atoms with Gasteiger partial charge in [-0.2, -0.15) is 0 Å². The van der Waals surface area contributed by atoms with Gasteiger partial charge in [0.2, 0.25) is 0 Å². The molecule has 1 aliphatic carbocycles. The van der Waals surface area contributed by atoms with Gasteiger partial charge in [-0.3, -0.25) is 0 Å². The number of nitrogens with one attached hydrogen (secondary N) is 1. The number of rotatable bonds is 6. The second-order valence-corrected chi connectivity index (χ2v) is 6.17. The highest BCUT2D eigenvalue weighted by Crippen LogP contribution is 2.51. The number of benzene rings is 1. The highest BCUT2D eigenvalue weighted by Gasteiger charge is 2.44. The van der Waals surface area contributed by atoms with Crippen LogP contribution in [0.1, 0.15) is 43.9 Å². The number of aryl methyl sites for hydroxylation is 1. The van der Waals surface area contributed by atoms with Crippen molar-refractivity contribution in [1.82, 2.24) is 5.32 Å². The average molecular weight is 246 g/mol. The van der Waals surface area contributed by atoms with E-state index in [-0.39, 0.29) is 6.04 Å². The average Bonchev–Trinajstić information content (AvgIpc) is 3.11. The summed E-state index contributed by atoms with van der Waals surface area (Å²) in [6, 6.07) is 8.64. The maximum absolute atomic E-state index is 6.21. The third kappa shape index (κ3) is 3.12. The van der Waals surface area contributed by atoms with Gasteiger partial charge in [0.25, 0.3) is 0 Å². The van der Waals surface area contributed by atoms with Crippen molar-refractivity contribution >= 4 is 0 Å². The lowest BCUT2D eigenvalue weighted by Crippen LogP contribution is -2.33. The van der Waals surface area contributed by atoms with E-state index in [4.69, 9.17) is 5.73 Å². The molecule has 0 amide bonds. The molecule has 1 aromatic carbocycles. The Morgan fingerprint density at radius 1 is 1.22 bits per heavy atom. The van der Waals surface area contributed by atoms with Crippen LogP contribution in [0.4, 0.5) is 0 Å². The summed E-state index contributed by atoms with van der Waals surface area (Å²) in [5.41, 5.74) is 9.28. The van der Waals surface area contributed by atoms with Crippen molar-refractivity contribution < 1.29 is 0 Å². The molecule has 1 unspecified atom stereocenters. The summed E-state index contributed by atoms with van der Waals surface area (Å²) in [5, 5.41) is 3.56. The van der Waals surface area contributed by atoms with Crippen LogP contribution in [0.5, 0.6) is 0 Å². The smallest absolute Gasteiger partial charge is 0.0421 e. The lowest BCUT2D eigenvalue weighted by atomic mass is 9.92. The minimum Gasteiger partial charge on any atom is -0.323 e. The fourth-order valence-electron chi connectivity index (χ4n) is 2.53. The monoisotopic (exact) mass is 246 g/mol. The summed E-state index contributed by atoms with van der Waals surface area (Å²) in [6.45, 7) is 8.75. The molecule has 1 aromatic rings. The van der Waals surface area contributed by atoms with Crippen LogP contribution in [0.25, 0.3) is 0 Å². The van der Waals surface area contributed by atoms with E-state index in [9.17, 15) is 0 Å². The Hall–Kier alpha value is -0.860. The van der Waals surface area contributed by atoms with Crippen LogP contribution < -0.4 is 11.1 Å². The Kier molecular flexibility index (Phi) is 4.08. The second kappa shape index (κ2) is 5.41. The van der Waals surface area contributed by atoms with Gasteiger partial charge in [-0.05, 0) is 36.7 Å². The van der Waals surface area contributed by atoms with Gasteiger partial charge in [0.1, 0.15) is 0 Å². The molecular formula is C16H26N2. The van der Waals surface area contributed by atoms with E-state index in [0.29, 0.717) is 5.41 Å². The number of hydrogen-bond acceptors (Lipinski definition) is 2. The summed E-state index contributed by atoms with van der Waals surface area (Å²) in [5.74, 6) is 0.778.